The molecule has 1 saturated heterocycles. The van der Waals surface area contributed by atoms with Gasteiger partial charge in [0, 0.05) is 31.4 Å². The van der Waals surface area contributed by atoms with Crippen LogP contribution in [-0.2, 0) is 6.18 Å². The molecule has 27 heavy (non-hydrogen) atoms. The van der Waals surface area contributed by atoms with Gasteiger partial charge in [-0.1, -0.05) is 6.07 Å². The molecule has 0 bridgehead atoms. The minimum absolute atomic E-state index is 0.133. The summed E-state index contributed by atoms with van der Waals surface area (Å²) in [5, 5.41) is 7.26. The number of amides is 1. The molecule has 0 radical (unpaired) electrons. The van der Waals surface area contributed by atoms with Crippen molar-refractivity contribution in [3.05, 3.63) is 57.5 Å². The number of carbonyl (C=O) groups is 1. The number of halogens is 3. The summed E-state index contributed by atoms with van der Waals surface area (Å²) in [5.74, 6) is -0.510. The second-order valence-electron chi connectivity index (χ2n) is 6.35. The van der Waals surface area contributed by atoms with Crippen molar-refractivity contribution in [2.75, 3.05) is 26.2 Å². The van der Waals surface area contributed by atoms with Gasteiger partial charge in [0.15, 0.2) is 5.69 Å². The van der Waals surface area contributed by atoms with Crippen LogP contribution in [0.25, 0.3) is 5.69 Å². The summed E-state index contributed by atoms with van der Waals surface area (Å²) in [6, 6.07) is 5.83. The zero-order valence-corrected chi connectivity index (χ0v) is 14.7. The monoisotopic (exact) mass is 380 g/mol. The highest BCUT2D eigenvalue weighted by molar-refractivity contribution is 5.92. The summed E-state index contributed by atoms with van der Waals surface area (Å²) in [7, 11) is 0. The van der Waals surface area contributed by atoms with Crippen LogP contribution in [0, 0.1) is 6.92 Å². The van der Waals surface area contributed by atoms with Gasteiger partial charge in [-0.05, 0) is 38.1 Å². The van der Waals surface area contributed by atoms with E-state index in [9.17, 15) is 22.8 Å². The third-order valence-corrected chi connectivity index (χ3v) is 4.36. The highest BCUT2D eigenvalue weighted by atomic mass is 19.4. The average molecular weight is 380 g/mol. The first-order valence-electron chi connectivity index (χ1n) is 8.56. The Balaban J connectivity index is 2.02. The Labute approximate surface area is 153 Å². The van der Waals surface area contributed by atoms with E-state index in [1.807, 2.05) is 0 Å². The second kappa shape index (κ2) is 7.51. The van der Waals surface area contributed by atoms with E-state index in [1.54, 1.807) is 6.92 Å². The van der Waals surface area contributed by atoms with E-state index >= 15 is 0 Å². The first-order chi connectivity index (χ1) is 12.8. The summed E-state index contributed by atoms with van der Waals surface area (Å²) in [4.78, 5) is 26.6. The first-order valence-corrected chi connectivity index (χ1v) is 8.56. The number of hydrogen-bond acceptors (Lipinski definition) is 4. The Hall–Kier alpha value is -2.68. The number of benzene rings is 1. The zero-order valence-electron chi connectivity index (χ0n) is 14.7. The molecular weight excluding hydrogens is 361 g/mol. The summed E-state index contributed by atoms with van der Waals surface area (Å²) in [5.41, 5.74) is -1.19. The van der Waals surface area contributed by atoms with Crippen molar-refractivity contribution in [2.45, 2.75) is 19.5 Å². The molecule has 1 N–H and O–H groups in total. The molecule has 1 aromatic heterocycles. The largest absolute Gasteiger partial charge is 0.416 e. The van der Waals surface area contributed by atoms with E-state index in [2.05, 4.69) is 10.4 Å². The van der Waals surface area contributed by atoms with Gasteiger partial charge in [-0.25, -0.2) is 4.68 Å². The number of aryl methyl sites for hydroxylation is 1. The lowest BCUT2D eigenvalue weighted by Crippen LogP contribution is -2.38. The van der Waals surface area contributed by atoms with E-state index in [-0.39, 0.29) is 11.4 Å². The molecule has 1 aliphatic rings. The molecule has 0 atom stereocenters. The Morgan fingerprint density at radius 1 is 1.19 bits per heavy atom. The highest BCUT2D eigenvalue weighted by Crippen LogP contribution is 2.30. The van der Waals surface area contributed by atoms with Crippen LogP contribution in [-0.4, -0.2) is 46.8 Å². The van der Waals surface area contributed by atoms with Crippen LogP contribution in [0.2, 0.25) is 0 Å². The Bertz CT molecular complexity index is 900. The molecule has 9 heteroatoms. The highest BCUT2D eigenvalue weighted by Gasteiger charge is 2.31. The van der Waals surface area contributed by atoms with Crippen molar-refractivity contribution >= 4 is 5.91 Å². The molecule has 0 aliphatic carbocycles. The molecule has 1 aromatic carbocycles. The summed E-state index contributed by atoms with van der Waals surface area (Å²) >= 11 is 0. The maximum Gasteiger partial charge on any atom is 0.416 e. The third-order valence-electron chi connectivity index (χ3n) is 4.36. The number of nitrogens with one attached hydrogen (secondary N) is 1. The molecule has 1 aliphatic heterocycles. The number of hydrogen-bond donors (Lipinski definition) is 1. The fraction of sp³-hybridized carbons (Fsp3) is 0.389. The molecule has 0 saturated carbocycles. The van der Waals surface area contributed by atoms with E-state index in [0.717, 1.165) is 25.1 Å². The van der Waals surface area contributed by atoms with Gasteiger partial charge in [-0.2, -0.15) is 18.3 Å². The molecule has 144 valence electrons. The minimum atomic E-state index is -4.50. The summed E-state index contributed by atoms with van der Waals surface area (Å²) in [6.07, 6.45) is -3.75. The smallest absolute Gasteiger partial charge is 0.336 e. The van der Waals surface area contributed by atoms with Crippen molar-refractivity contribution in [1.82, 2.24) is 20.0 Å². The molecule has 0 spiro atoms. The van der Waals surface area contributed by atoms with Crippen molar-refractivity contribution in [1.29, 1.82) is 0 Å². The van der Waals surface area contributed by atoms with Gasteiger partial charge in [0.1, 0.15) is 0 Å². The predicted octanol–water partition coefficient (Wildman–Crippen LogP) is 2.00. The maximum atomic E-state index is 13.0. The maximum absolute atomic E-state index is 13.0. The van der Waals surface area contributed by atoms with Crippen molar-refractivity contribution in [3.63, 3.8) is 0 Å². The van der Waals surface area contributed by atoms with Gasteiger partial charge in [-0.15, -0.1) is 0 Å². The predicted molar refractivity (Wildman–Crippen MR) is 93.0 cm³/mol. The van der Waals surface area contributed by atoms with Crippen LogP contribution in [0.1, 0.15) is 28.2 Å². The van der Waals surface area contributed by atoms with Crippen LogP contribution >= 0.6 is 0 Å². The summed E-state index contributed by atoms with van der Waals surface area (Å²) < 4.78 is 40.2. The van der Waals surface area contributed by atoms with Gasteiger partial charge in [0.25, 0.3) is 5.91 Å². The van der Waals surface area contributed by atoms with Crippen LogP contribution in [0.3, 0.4) is 0 Å². The first kappa shape index (κ1) is 19.1. The number of aromatic nitrogens is 2. The van der Waals surface area contributed by atoms with Crippen LogP contribution in [0.15, 0.2) is 35.1 Å². The second-order valence-corrected chi connectivity index (χ2v) is 6.35. The summed E-state index contributed by atoms with van der Waals surface area (Å²) in [6.45, 7) is 3.87. The van der Waals surface area contributed by atoms with Gasteiger partial charge < -0.3 is 10.2 Å². The van der Waals surface area contributed by atoms with E-state index in [0.29, 0.717) is 25.3 Å². The topological polar surface area (TPSA) is 67.2 Å². The number of rotatable bonds is 2. The van der Waals surface area contributed by atoms with Crippen LogP contribution in [0.5, 0.6) is 0 Å². The number of carbonyl (C=O) groups excluding carboxylic acids is 1. The molecule has 2 heterocycles. The average Bonchev–Trinajstić information content (AvgIpc) is 2.90. The Morgan fingerprint density at radius 3 is 2.70 bits per heavy atom. The molecule has 6 nitrogen and oxygen atoms in total. The fourth-order valence-electron chi connectivity index (χ4n) is 2.97. The molecule has 3 rings (SSSR count). The van der Waals surface area contributed by atoms with Gasteiger partial charge in [0.05, 0.1) is 11.3 Å². The Morgan fingerprint density at radius 2 is 1.96 bits per heavy atom. The van der Waals surface area contributed by atoms with E-state index in [1.165, 1.54) is 27.8 Å². The molecule has 2 aromatic rings. The van der Waals surface area contributed by atoms with E-state index in [4.69, 9.17) is 0 Å². The third kappa shape index (κ3) is 4.19. The van der Waals surface area contributed by atoms with Crippen molar-refractivity contribution in [2.24, 2.45) is 0 Å². The lowest BCUT2D eigenvalue weighted by atomic mass is 10.2. The minimum Gasteiger partial charge on any atom is -0.336 e. The van der Waals surface area contributed by atoms with Gasteiger partial charge in [-0.3, -0.25) is 9.59 Å². The zero-order chi connectivity index (χ0) is 19.6. The molecule has 1 amide bonds. The van der Waals surface area contributed by atoms with Gasteiger partial charge >= 0.3 is 6.18 Å². The molecule has 0 unspecified atom stereocenters. The van der Waals surface area contributed by atoms with Crippen molar-refractivity contribution in [3.8, 4) is 5.69 Å². The van der Waals surface area contributed by atoms with Crippen LogP contribution < -0.4 is 10.7 Å². The van der Waals surface area contributed by atoms with E-state index < -0.39 is 23.1 Å². The normalized spacial score (nSPS) is 15.5. The lowest BCUT2D eigenvalue weighted by Gasteiger charge is -2.20. The Kier molecular flexibility index (Phi) is 5.31. The fourth-order valence-corrected chi connectivity index (χ4v) is 2.97. The lowest BCUT2D eigenvalue weighted by molar-refractivity contribution is -0.137. The standard InChI is InChI=1S/C18H19F3N4O2/c1-12-10-15(26)16(17(27)24-8-3-6-22-7-9-24)23-25(12)14-5-2-4-13(11-14)18(19,20)21/h2,4-5,10-11,22H,3,6-9H2,1H3. The van der Waals surface area contributed by atoms with Crippen LogP contribution in [0.4, 0.5) is 13.2 Å². The molecular formula is C18H19F3N4O2. The van der Waals surface area contributed by atoms with Crippen molar-refractivity contribution < 1.29 is 18.0 Å². The number of nitrogens with zero attached hydrogens (tertiary/aromatic N) is 3. The molecule has 1 fully saturated rings. The quantitative estimate of drug-likeness (QED) is 0.866. The van der Waals surface area contributed by atoms with Gasteiger partial charge in [0.2, 0.25) is 5.43 Å². The number of alkyl halides is 3. The SMILES string of the molecule is Cc1cc(=O)c(C(=O)N2CCCNCC2)nn1-c1cccc(C(F)(F)F)c1.